The van der Waals surface area contributed by atoms with E-state index >= 15 is 0 Å². The number of hydrogen-bond acceptors (Lipinski definition) is 3. The summed E-state index contributed by atoms with van der Waals surface area (Å²) in [5, 5.41) is 9.19. The minimum atomic E-state index is 0. The van der Waals surface area contributed by atoms with Gasteiger partial charge in [-0.3, -0.25) is 4.99 Å². The minimum absolute atomic E-state index is 0. The number of benzene rings is 1. The number of hydrogen-bond donors (Lipinski definition) is 2. The van der Waals surface area contributed by atoms with Crippen molar-refractivity contribution in [3.63, 3.8) is 0 Å². The Morgan fingerprint density at radius 3 is 2.82 bits per heavy atom. The summed E-state index contributed by atoms with van der Waals surface area (Å²) >= 11 is 7.62. The van der Waals surface area contributed by atoms with Crippen molar-refractivity contribution in [1.29, 1.82) is 0 Å². The Morgan fingerprint density at radius 1 is 1.27 bits per heavy atom. The van der Waals surface area contributed by atoms with E-state index in [2.05, 4.69) is 27.1 Å². The van der Waals surface area contributed by atoms with Gasteiger partial charge in [0.25, 0.3) is 0 Å². The fraction of sp³-hybridized carbons (Fsp3) is 0.267. The van der Waals surface area contributed by atoms with Crippen molar-refractivity contribution < 1.29 is 4.74 Å². The molecule has 0 spiro atoms. The summed E-state index contributed by atoms with van der Waals surface area (Å²) in [6, 6.07) is 11.5. The van der Waals surface area contributed by atoms with E-state index < -0.39 is 0 Å². The number of halogens is 2. The highest BCUT2D eigenvalue weighted by Crippen LogP contribution is 2.16. The number of ether oxygens (including phenoxy) is 1. The van der Waals surface area contributed by atoms with Gasteiger partial charge < -0.3 is 15.4 Å². The van der Waals surface area contributed by atoms with Crippen LogP contribution < -0.4 is 15.4 Å². The van der Waals surface area contributed by atoms with E-state index in [1.54, 1.807) is 24.5 Å². The second-order valence-corrected chi connectivity index (χ2v) is 5.71. The molecule has 0 saturated heterocycles. The average molecular weight is 452 g/mol. The standard InChI is InChI=1S/C15H18ClN3OS.HI/c1-17-15(19-11-14-6-3-9-21-14)18-7-8-20-13-5-2-4-12(16)10-13;/h2-6,9-10H,7-8,11H2,1H3,(H2,17,18,19);1H. The molecule has 0 aliphatic carbocycles. The van der Waals surface area contributed by atoms with Crippen molar-refractivity contribution in [2.45, 2.75) is 6.54 Å². The maximum Gasteiger partial charge on any atom is 0.191 e. The second kappa shape index (κ2) is 10.7. The van der Waals surface area contributed by atoms with E-state index in [1.807, 2.05) is 24.3 Å². The molecule has 1 aromatic carbocycles. The highest BCUT2D eigenvalue weighted by Gasteiger charge is 1.99. The van der Waals surface area contributed by atoms with Gasteiger partial charge in [-0.05, 0) is 29.6 Å². The average Bonchev–Trinajstić information content (AvgIpc) is 3.00. The van der Waals surface area contributed by atoms with E-state index in [1.165, 1.54) is 4.88 Å². The van der Waals surface area contributed by atoms with E-state index in [-0.39, 0.29) is 24.0 Å². The van der Waals surface area contributed by atoms with Crippen molar-refractivity contribution in [1.82, 2.24) is 10.6 Å². The summed E-state index contributed by atoms with van der Waals surface area (Å²) in [7, 11) is 1.75. The normalized spacial score (nSPS) is 10.7. The van der Waals surface area contributed by atoms with Gasteiger partial charge in [0.2, 0.25) is 0 Å². The molecule has 0 aliphatic rings. The van der Waals surface area contributed by atoms with Crippen LogP contribution in [0, 0.1) is 0 Å². The lowest BCUT2D eigenvalue weighted by Crippen LogP contribution is -2.38. The molecule has 0 unspecified atom stereocenters. The van der Waals surface area contributed by atoms with Gasteiger partial charge in [-0.15, -0.1) is 35.3 Å². The highest BCUT2D eigenvalue weighted by molar-refractivity contribution is 14.0. The molecule has 7 heteroatoms. The number of nitrogens with zero attached hydrogens (tertiary/aromatic N) is 1. The SMILES string of the molecule is CN=C(NCCOc1cccc(Cl)c1)NCc1cccs1.I. The zero-order chi connectivity index (χ0) is 14.9. The predicted molar refractivity (Wildman–Crippen MR) is 105 cm³/mol. The van der Waals surface area contributed by atoms with Gasteiger partial charge in [-0.25, -0.2) is 0 Å². The summed E-state index contributed by atoms with van der Waals surface area (Å²) in [5.74, 6) is 1.53. The van der Waals surface area contributed by atoms with Crippen LogP contribution in [0.3, 0.4) is 0 Å². The van der Waals surface area contributed by atoms with Gasteiger partial charge in [0.1, 0.15) is 12.4 Å². The van der Waals surface area contributed by atoms with E-state index in [0.717, 1.165) is 18.3 Å². The van der Waals surface area contributed by atoms with Crippen LogP contribution in [0.2, 0.25) is 5.02 Å². The molecular formula is C15H19ClIN3OS. The lowest BCUT2D eigenvalue weighted by atomic mass is 10.3. The highest BCUT2D eigenvalue weighted by atomic mass is 127. The molecular weight excluding hydrogens is 433 g/mol. The van der Waals surface area contributed by atoms with Crippen molar-refractivity contribution in [3.05, 3.63) is 51.7 Å². The summed E-state index contributed by atoms with van der Waals surface area (Å²) < 4.78 is 5.60. The number of nitrogens with one attached hydrogen (secondary N) is 2. The third-order valence-electron chi connectivity index (χ3n) is 2.69. The zero-order valence-corrected chi connectivity index (χ0v) is 16.1. The molecule has 1 aromatic heterocycles. The summed E-state index contributed by atoms with van der Waals surface area (Å²) in [6.45, 7) is 1.98. The number of rotatable bonds is 6. The molecule has 120 valence electrons. The number of aliphatic imine (C=N–C) groups is 1. The van der Waals surface area contributed by atoms with E-state index in [0.29, 0.717) is 18.2 Å². The largest absolute Gasteiger partial charge is 0.492 e. The van der Waals surface area contributed by atoms with Gasteiger partial charge in [-0.1, -0.05) is 23.7 Å². The van der Waals surface area contributed by atoms with Crippen molar-refractivity contribution >= 4 is 52.9 Å². The van der Waals surface area contributed by atoms with E-state index in [9.17, 15) is 0 Å². The van der Waals surface area contributed by atoms with Crippen LogP contribution in [0.25, 0.3) is 0 Å². The molecule has 22 heavy (non-hydrogen) atoms. The second-order valence-electron chi connectivity index (χ2n) is 4.24. The smallest absolute Gasteiger partial charge is 0.191 e. The van der Waals surface area contributed by atoms with E-state index in [4.69, 9.17) is 16.3 Å². The fourth-order valence-electron chi connectivity index (χ4n) is 1.70. The Bertz CT molecular complexity index is 578. The van der Waals surface area contributed by atoms with Crippen LogP contribution in [-0.2, 0) is 6.54 Å². The summed E-state index contributed by atoms with van der Waals surface area (Å²) in [6.07, 6.45) is 0. The van der Waals surface area contributed by atoms with Gasteiger partial charge in [-0.2, -0.15) is 0 Å². The molecule has 0 radical (unpaired) electrons. The molecule has 4 nitrogen and oxygen atoms in total. The predicted octanol–water partition coefficient (Wildman–Crippen LogP) is 3.76. The van der Waals surface area contributed by atoms with Crippen LogP contribution in [0.15, 0.2) is 46.8 Å². The van der Waals surface area contributed by atoms with Crippen LogP contribution in [0.4, 0.5) is 0 Å². The number of thiophene rings is 1. The Balaban J connectivity index is 0.00000242. The molecule has 0 saturated carbocycles. The molecule has 0 amide bonds. The summed E-state index contributed by atoms with van der Waals surface area (Å²) in [4.78, 5) is 5.44. The van der Waals surface area contributed by atoms with Gasteiger partial charge in [0.15, 0.2) is 5.96 Å². The Kier molecular flexibility index (Phi) is 9.26. The van der Waals surface area contributed by atoms with Gasteiger partial charge >= 0.3 is 0 Å². The fourth-order valence-corrected chi connectivity index (χ4v) is 2.52. The van der Waals surface area contributed by atoms with Crippen LogP contribution in [-0.4, -0.2) is 26.2 Å². The monoisotopic (exact) mass is 451 g/mol. The molecule has 0 atom stereocenters. The number of guanidine groups is 1. The Labute approximate surface area is 157 Å². The minimum Gasteiger partial charge on any atom is -0.492 e. The third kappa shape index (κ3) is 6.85. The molecule has 2 N–H and O–H groups in total. The quantitative estimate of drug-likeness (QED) is 0.304. The third-order valence-corrected chi connectivity index (χ3v) is 3.80. The molecule has 0 aliphatic heterocycles. The lowest BCUT2D eigenvalue weighted by molar-refractivity contribution is 0.322. The van der Waals surface area contributed by atoms with Crippen LogP contribution in [0.5, 0.6) is 5.75 Å². The molecule has 0 fully saturated rings. The molecule has 2 rings (SSSR count). The summed E-state index contributed by atoms with van der Waals surface area (Å²) in [5.41, 5.74) is 0. The maximum atomic E-state index is 5.90. The first-order valence-electron chi connectivity index (χ1n) is 6.63. The molecule has 0 bridgehead atoms. The first-order chi connectivity index (χ1) is 10.3. The molecule has 1 heterocycles. The molecule has 2 aromatic rings. The first kappa shape index (κ1) is 19.1. The van der Waals surface area contributed by atoms with Crippen LogP contribution in [0.1, 0.15) is 4.88 Å². The lowest BCUT2D eigenvalue weighted by Gasteiger charge is -2.12. The van der Waals surface area contributed by atoms with Crippen molar-refractivity contribution in [2.75, 3.05) is 20.2 Å². The zero-order valence-electron chi connectivity index (χ0n) is 12.2. The van der Waals surface area contributed by atoms with Gasteiger partial charge in [0.05, 0.1) is 13.1 Å². The topological polar surface area (TPSA) is 45.7 Å². The van der Waals surface area contributed by atoms with Gasteiger partial charge in [0, 0.05) is 16.9 Å². The Hall–Kier alpha value is -0.990. The van der Waals surface area contributed by atoms with Crippen molar-refractivity contribution in [3.8, 4) is 5.75 Å². The maximum absolute atomic E-state index is 5.90. The van der Waals surface area contributed by atoms with Crippen LogP contribution >= 0.6 is 46.9 Å². The first-order valence-corrected chi connectivity index (χ1v) is 7.89. The van der Waals surface area contributed by atoms with Crippen molar-refractivity contribution in [2.24, 2.45) is 4.99 Å². The Morgan fingerprint density at radius 2 is 2.14 bits per heavy atom.